The summed E-state index contributed by atoms with van der Waals surface area (Å²) in [4.78, 5) is 12.5. The minimum absolute atomic E-state index is 0. The third kappa shape index (κ3) is 2.28. The van der Waals surface area contributed by atoms with Crippen LogP contribution in [0.3, 0.4) is 0 Å². The number of halogens is 3. The zero-order chi connectivity index (χ0) is 11.1. The molecule has 0 aromatic rings. The fourth-order valence-electron chi connectivity index (χ4n) is 2.20. The van der Waals surface area contributed by atoms with Crippen molar-refractivity contribution in [2.75, 3.05) is 19.6 Å². The molecule has 0 aliphatic carbocycles. The van der Waals surface area contributed by atoms with Gasteiger partial charge in [0.05, 0.1) is 12.6 Å². The van der Waals surface area contributed by atoms with Crippen molar-refractivity contribution in [3.63, 3.8) is 0 Å². The highest BCUT2D eigenvalue weighted by Crippen LogP contribution is 2.30. The van der Waals surface area contributed by atoms with Crippen LogP contribution in [-0.2, 0) is 4.79 Å². The van der Waals surface area contributed by atoms with Crippen LogP contribution < -0.4 is 5.32 Å². The number of hydrogen-bond acceptors (Lipinski definition) is 3. The highest BCUT2D eigenvalue weighted by Gasteiger charge is 2.49. The predicted molar refractivity (Wildman–Crippen MR) is 55.8 cm³/mol. The van der Waals surface area contributed by atoms with Crippen LogP contribution in [0.1, 0.15) is 12.8 Å². The Kier molecular flexibility index (Phi) is 4.09. The highest BCUT2D eigenvalue weighted by molar-refractivity contribution is 5.85. The Hall–Kier alpha value is -0.460. The normalized spacial score (nSPS) is 33.7. The maximum atomic E-state index is 13.5. The average Bonchev–Trinajstić information content (AvgIpc) is 2.48. The number of carbonyl (C=O) groups is 1. The molecule has 2 N–H and O–H groups in total. The van der Waals surface area contributed by atoms with Gasteiger partial charge in [0.15, 0.2) is 0 Å². The molecule has 16 heavy (non-hydrogen) atoms. The van der Waals surface area contributed by atoms with Crippen molar-refractivity contribution < 1.29 is 18.7 Å². The molecule has 1 amide bonds. The Bertz CT molecular complexity index is 278. The van der Waals surface area contributed by atoms with Gasteiger partial charge in [0.25, 0.3) is 11.8 Å². The molecule has 1 unspecified atom stereocenters. The molecule has 94 valence electrons. The number of aliphatic hydroxyl groups excluding tert-OH is 1. The quantitative estimate of drug-likeness (QED) is 0.694. The molecule has 2 heterocycles. The van der Waals surface area contributed by atoms with Crippen molar-refractivity contribution in [2.45, 2.75) is 30.9 Å². The summed E-state index contributed by atoms with van der Waals surface area (Å²) in [6, 6.07) is -1.05. The van der Waals surface area contributed by atoms with E-state index in [1.165, 1.54) is 0 Å². The number of aliphatic hydroxyl groups is 1. The third-order valence-electron chi connectivity index (χ3n) is 3.03. The van der Waals surface area contributed by atoms with Gasteiger partial charge in [-0.1, -0.05) is 0 Å². The lowest BCUT2D eigenvalue weighted by molar-refractivity contribution is -0.148. The topological polar surface area (TPSA) is 52.6 Å². The predicted octanol–water partition coefficient (Wildman–Crippen LogP) is -0.00140. The van der Waals surface area contributed by atoms with Crippen LogP contribution in [0.15, 0.2) is 0 Å². The summed E-state index contributed by atoms with van der Waals surface area (Å²) in [5.41, 5.74) is 0. The molecule has 2 aliphatic heterocycles. The van der Waals surface area contributed by atoms with Crippen LogP contribution in [0.2, 0.25) is 0 Å². The van der Waals surface area contributed by atoms with E-state index in [4.69, 9.17) is 0 Å². The van der Waals surface area contributed by atoms with Gasteiger partial charge >= 0.3 is 0 Å². The van der Waals surface area contributed by atoms with Gasteiger partial charge in [-0.05, 0) is 19.4 Å². The molecule has 0 spiro atoms. The van der Waals surface area contributed by atoms with Crippen LogP contribution in [-0.4, -0.2) is 53.6 Å². The van der Waals surface area contributed by atoms with Crippen LogP contribution in [0, 0.1) is 0 Å². The second-order valence-corrected chi connectivity index (χ2v) is 4.08. The molecule has 0 bridgehead atoms. The molecule has 2 fully saturated rings. The molecule has 0 aromatic carbocycles. The molecular formula is C9H15ClF2N2O2. The average molecular weight is 257 g/mol. The fourth-order valence-corrected chi connectivity index (χ4v) is 2.20. The van der Waals surface area contributed by atoms with E-state index < -0.39 is 30.5 Å². The van der Waals surface area contributed by atoms with Gasteiger partial charge in [-0.15, -0.1) is 12.4 Å². The van der Waals surface area contributed by atoms with Crippen molar-refractivity contribution in [2.24, 2.45) is 0 Å². The third-order valence-corrected chi connectivity index (χ3v) is 3.03. The number of amides is 1. The number of alkyl halides is 2. The smallest absolute Gasteiger partial charge is 0.280 e. The monoisotopic (exact) mass is 256 g/mol. The first-order valence-electron chi connectivity index (χ1n) is 5.09. The number of hydrogen-bond donors (Lipinski definition) is 2. The van der Waals surface area contributed by atoms with Crippen LogP contribution in [0.25, 0.3) is 0 Å². The number of piperidine rings is 1. The Labute approximate surface area is 98.4 Å². The summed E-state index contributed by atoms with van der Waals surface area (Å²) in [5, 5.41) is 11.8. The van der Waals surface area contributed by atoms with Crippen LogP contribution in [0.5, 0.6) is 0 Å². The summed E-state index contributed by atoms with van der Waals surface area (Å²) >= 11 is 0. The first-order chi connectivity index (χ1) is 7.02. The zero-order valence-electron chi connectivity index (χ0n) is 8.66. The Morgan fingerprint density at radius 3 is 2.62 bits per heavy atom. The number of likely N-dealkylation sites (tertiary alicyclic amines) is 1. The van der Waals surface area contributed by atoms with E-state index >= 15 is 0 Å². The lowest BCUT2D eigenvalue weighted by atomic mass is 10.0. The first kappa shape index (κ1) is 13.6. The van der Waals surface area contributed by atoms with E-state index in [9.17, 15) is 18.7 Å². The minimum atomic E-state index is -2.89. The maximum absolute atomic E-state index is 13.5. The fraction of sp³-hybridized carbons (Fsp3) is 0.889. The SMILES string of the molecule is Cl.O=C1C(O)CCN1[C@@H]1CCNCC1(F)F. The summed E-state index contributed by atoms with van der Waals surface area (Å²) in [6.07, 6.45) is -0.583. The molecule has 0 aromatic heterocycles. The standard InChI is InChI=1S/C9H14F2N2O2.ClH/c10-9(11)5-12-3-1-7(9)13-4-2-6(14)8(13)15;/h6-7,12,14H,1-5H2;1H/t6?,7-;/m1./s1. The molecular weight excluding hydrogens is 242 g/mol. The lowest BCUT2D eigenvalue weighted by Crippen LogP contribution is -2.58. The van der Waals surface area contributed by atoms with E-state index in [1.807, 2.05) is 0 Å². The van der Waals surface area contributed by atoms with E-state index in [0.29, 0.717) is 6.54 Å². The van der Waals surface area contributed by atoms with E-state index in [0.717, 1.165) is 4.90 Å². The van der Waals surface area contributed by atoms with Gasteiger partial charge in [0.1, 0.15) is 6.10 Å². The molecule has 2 aliphatic rings. The molecule has 7 heteroatoms. The summed E-state index contributed by atoms with van der Waals surface area (Å²) < 4.78 is 27.0. The Morgan fingerprint density at radius 1 is 1.44 bits per heavy atom. The van der Waals surface area contributed by atoms with Crippen LogP contribution >= 0.6 is 12.4 Å². The summed E-state index contributed by atoms with van der Waals surface area (Å²) in [5.74, 6) is -3.44. The molecule has 2 atom stereocenters. The summed E-state index contributed by atoms with van der Waals surface area (Å²) in [7, 11) is 0. The number of nitrogens with one attached hydrogen (secondary N) is 1. The summed E-state index contributed by atoms with van der Waals surface area (Å²) in [6.45, 7) is 0.331. The molecule has 0 saturated carbocycles. The van der Waals surface area contributed by atoms with Crippen molar-refractivity contribution in [3.05, 3.63) is 0 Å². The molecule has 4 nitrogen and oxygen atoms in total. The van der Waals surface area contributed by atoms with Crippen molar-refractivity contribution in [1.82, 2.24) is 10.2 Å². The molecule has 0 radical (unpaired) electrons. The van der Waals surface area contributed by atoms with Crippen molar-refractivity contribution >= 4 is 18.3 Å². The second kappa shape index (κ2) is 4.81. The second-order valence-electron chi connectivity index (χ2n) is 4.08. The van der Waals surface area contributed by atoms with Crippen molar-refractivity contribution in [3.8, 4) is 0 Å². The zero-order valence-corrected chi connectivity index (χ0v) is 9.47. The van der Waals surface area contributed by atoms with Gasteiger partial charge in [-0.25, -0.2) is 8.78 Å². The largest absolute Gasteiger partial charge is 0.383 e. The van der Waals surface area contributed by atoms with E-state index in [1.54, 1.807) is 0 Å². The first-order valence-corrected chi connectivity index (χ1v) is 5.09. The van der Waals surface area contributed by atoms with Crippen molar-refractivity contribution in [1.29, 1.82) is 0 Å². The Balaban J connectivity index is 0.00000128. The van der Waals surface area contributed by atoms with Gasteiger partial charge in [-0.2, -0.15) is 0 Å². The maximum Gasteiger partial charge on any atom is 0.280 e. The van der Waals surface area contributed by atoms with Gasteiger partial charge in [0.2, 0.25) is 0 Å². The highest BCUT2D eigenvalue weighted by atomic mass is 35.5. The molecule has 2 rings (SSSR count). The van der Waals surface area contributed by atoms with Gasteiger partial charge in [-0.3, -0.25) is 4.79 Å². The lowest BCUT2D eigenvalue weighted by Gasteiger charge is -2.37. The number of rotatable bonds is 1. The van der Waals surface area contributed by atoms with Gasteiger partial charge < -0.3 is 15.3 Å². The molecule has 2 saturated heterocycles. The minimum Gasteiger partial charge on any atom is -0.383 e. The number of carbonyl (C=O) groups excluding carboxylic acids is 1. The Morgan fingerprint density at radius 2 is 2.12 bits per heavy atom. The van der Waals surface area contributed by atoms with Crippen LogP contribution in [0.4, 0.5) is 8.78 Å². The van der Waals surface area contributed by atoms with E-state index in [-0.39, 0.29) is 31.8 Å². The van der Waals surface area contributed by atoms with E-state index in [2.05, 4.69) is 5.32 Å². The number of nitrogens with zero attached hydrogens (tertiary/aromatic N) is 1. The van der Waals surface area contributed by atoms with Gasteiger partial charge in [0, 0.05) is 6.54 Å².